The first-order chi connectivity index (χ1) is 17.9. The summed E-state index contributed by atoms with van der Waals surface area (Å²) in [7, 11) is 2.07. The lowest BCUT2D eigenvalue weighted by Crippen LogP contribution is -2.58. The Hall–Kier alpha value is -3.57. The molecule has 1 unspecified atom stereocenters. The highest BCUT2D eigenvalue weighted by Gasteiger charge is 2.57. The minimum atomic E-state index is -0.646. The van der Waals surface area contributed by atoms with Gasteiger partial charge in [0.05, 0.1) is 17.6 Å². The minimum absolute atomic E-state index is 0.0712. The number of rotatable bonds is 9. The molecule has 37 heavy (non-hydrogen) atoms. The van der Waals surface area contributed by atoms with Gasteiger partial charge in [-0.3, -0.25) is 4.79 Å². The molecule has 0 bridgehead atoms. The van der Waals surface area contributed by atoms with E-state index in [0.717, 1.165) is 42.7 Å². The number of aliphatic hydroxyl groups is 1. The number of anilines is 1. The Morgan fingerprint density at radius 3 is 2.54 bits per heavy atom. The van der Waals surface area contributed by atoms with Crippen molar-refractivity contribution in [2.45, 2.75) is 50.7 Å². The third-order valence-corrected chi connectivity index (χ3v) is 7.80. The summed E-state index contributed by atoms with van der Waals surface area (Å²) in [5.41, 5.74) is 3.55. The molecule has 2 aliphatic heterocycles. The number of hydrogen-bond acceptors (Lipinski definition) is 5. The molecule has 1 spiro atoms. The zero-order valence-electron chi connectivity index (χ0n) is 21.9. The van der Waals surface area contributed by atoms with E-state index in [-0.39, 0.29) is 17.8 Å². The van der Waals surface area contributed by atoms with E-state index >= 15 is 0 Å². The number of likely N-dealkylation sites (N-methyl/N-ethyl adjacent to an activating group) is 1. The quantitative estimate of drug-likeness (QED) is 0.275. The summed E-state index contributed by atoms with van der Waals surface area (Å²) in [6.45, 7) is 5.20. The second-order valence-corrected chi connectivity index (χ2v) is 10.4. The Kier molecular flexibility index (Phi) is 6.82. The van der Waals surface area contributed by atoms with Crippen molar-refractivity contribution in [1.29, 1.82) is 0 Å². The van der Waals surface area contributed by atoms with Crippen molar-refractivity contribution in [1.82, 2.24) is 0 Å². The summed E-state index contributed by atoms with van der Waals surface area (Å²) in [6, 6.07) is 21.5. The highest BCUT2D eigenvalue weighted by atomic mass is 16.5. The standard InChI is InChI=1S/C32H35NO4/c1-31(2)26-13-7-8-14-27(26)33(3)32(31)19-18-23-22-24(16-17-28(23)37-32)30(35)25-12-6-9-15-29(25)36-21-11-5-4-10-20-34/h6-9,12-19,22,34H,4-5,10-11,20-21H2,1-3H3. The molecule has 2 heterocycles. The van der Waals surface area contributed by atoms with Crippen LogP contribution in [0.25, 0.3) is 6.08 Å². The van der Waals surface area contributed by atoms with E-state index in [4.69, 9.17) is 14.6 Å². The van der Waals surface area contributed by atoms with Crippen LogP contribution in [0.1, 0.15) is 66.6 Å². The molecule has 2 aliphatic rings. The molecule has 1 N–H and O–H groups in total. The van der Waals surface area contributed by atoms with Crippen LogP contribution in [-0.4, -0.2) is 36.9 Å². The van der Waals surface area contributed by atoms with E-state index in [9.17, 15) is 4.79 Å². The van der Waals surface area contributed by atoms with Gasteiger partial charge in [-0.05, 0) is 87.2 Å². The van der Waals surface area contributed by atoms with Crippen molar-refractivity contribution in [3.63, 3.8) is 0 Å². The fourth-order valence-corrected chi connectivity index (χ4v) is 5.60. The number of carbonyl (C=O) groups is 1. The third-order valence-electron chi connectivity index (χ3n) is 7.80. The predicted molar refractivity (Wildman–Crippen MR) is 148 cm³/mol. The van der Waals surface area contributed by atoms with Crippen LogP contribution in [-0.2, 0) is 5.41 Å². The van der Waals surface area contributed by atoms with Gasteiger partial charge in [0.25, 0.3) is 0 Å². The first-order valence-electron chi connectivity index (χ1n) is 13.1. The number of carbonyl (C=O) groups excluding carboxylic acids is 1. The van der Waals surface area contributed by atoms with Gasteiger partial charge in [-0.1, -0.05) is 36.8 Å². The van der Waals surface area contributed by atoms with Gasteiger partial charge in [0.1, 0.15) is 11.5 Å². The van der Waals surface area contributed by atoms with Crippen LogP contribution in [0.3, 0.4) is 0 Å². The maximum atomic E-state index is 13.5. The van der Waals surface area contributed by atoms with E-state index in [1.807, 2.05) is 42.5 Å². The normalized spacial score (nSPS) is 18.9. The summed E-state index contributed by atoms with van der Waals surface area (Å²) < 4.78 is 12.7. The summed E-state index contributed by atoms with van der Waals surface area (Å²) in [5.74, 6) is 1.29. The molecule has 5 heteroatoms. The van der Waals surface area contributed by atoms with Crippen LogP contribution in [0, 0.1) is 0 Å². The zero-order chi connectivity index (χ0) is 26.0. The van der Waals surface area contributed by atoms with E-state index in [1.54, 1.807) is 0 Å². The van der Waals surface area contributed by atoms with Crippen LogP contribution in [0.5, 0.6) is 11.5 Å². The molecule has 0 amide bonds. The minimum Gasteiger partial charge on any atom is -0.493 e. The predicted octanol–water partition coefficient (Wildman–Crippen LogP) is 6.38. The fraction of sp³-hybridized carbons (Fsp3) is 0.344. The molecule has 192 valence electrons. The van der Waals surface area contributed by atoms with Gasteiger partial charge >= 0.3 is 0 Å². The van der Waals surface area contributed by atoms with Crippen LogP contribution in [0.2, 0.25) is 0 Å². The Balaban J connectivity index is 1.36. The highest BCUT2D eigenvalue weighted by molar-refractivity contribution is 6.11. The van der Waals surface area contributed by atoms with Crippen molar-refractivity contribution >= 4 is 17.5 Å². The number of aliphatic hydroxyl groups excluding tert-OH is 1. The SMILES string of the molecule is CN1c2ccccc2C(C)(C)C12C=Cc1cc(C(=O)c3ccccc3OCCCCCCO)ccc1O2. The number of para-hydroxylation sites is 2. The monoisotopic (exact) mass is 497 g/mol. The molecule has 1 atom stereocenters. The van der Waals surface area contributed by atoms with Crippen LogP contribution < -0.4 is 14.4 Å². The number of unbranched alkanes of at least 4 members (excludes halogenated alkanes) is 3. The fourth-order valence-electron chi connectivity index (χ4n) is 5.60. The van der Waals surface area contributed by atoms with Gasteiger partial charge in [0.15, 0.2) is 5.78 Å². The number of ether oxygens (including phenoxy) is 2. The summed E-state index contributed by atoms with van der Waals surface area (Å²) in [5, 5.41) is 8.92. The maximum Gasteiger partial charge on any atom is 0.211 e. The number of hydrogen-bond donors (Lipinski definition) is 1. The topological polar surface area (TPSA) is 59.0 Å². The number of fused-ring (bicyclic) bond motifs is 2. The number of ketones is 1. The summed E-state index contributed by atoms with van der Waals surface area (Å²) in [4.78, 5) is 15.7. The van der Waals surface area contributed by atoms with Crippen molar-refractivity contribution in [2.24, 2.45) is 0 Å². The lowest BCUT2D eigenvalue weighted by molar-refractivity contribution is 0.0581. The van der Waals surface area contributed by atoms with Crippen molar-refractivity contribution < 1.29 is 19.4 Å². The molecular weight excluding hydrogens is 462 g/mol. The zero-order valence-corrected chi connectivity index (χ0v) is 21.9. The second kappa shape index (κ2) is 10.1. The van der Waals surface area contributed by atoms with Gasteiger partial charge in [-0.15, -0.1) is 0 Å². The molecule has 0 saturated carbocycles. The van der Waals surface area contributed by atoms with E-state index in [0.29, 0.717) is 23.5 Å². The van der Waals surface area contributed by atoms with E-state index < -0.39 is 5.72 Å². The number of nitrogens with zero attached hydrogens (tertiary/aromatic N) is 1. The summed E-state index contributed by atoms with van der Waals surface area (Å²) >= 11 is 0. The first-order valence-corrected chi connectivity index (χ1v) is 13.1. The lowest BCUT2D eigenvalue weighted by Gasteiger charge is -2.45. The van der Waals surface area contributed by atoms with Crippen molar-refractivity contribution in [3.05, 3.63) is 95.1 Å². The average Bonchev–Trinajstić information content (AvgIpc) is 3.08. The van der Waals surface area contributed by atoms with Crippen molar-refractivity contribution in [2.75, 3.05) is 25.2 Å². The van der Waals surface area contributed by atoms with E-state index in [1.165, 1.54) is 5.56 Å². The highest BCUT2D eigenvalue weighted by Crippen LogP contribution is 2.54. The molecule has 5 nitrogen and oxygen atoms in total. The van der Waals surface area contributed by atoms with Gasteiger partial charge in [-0.25, -0.2) is 0 Å². The van der Waals surface area contributed by atoms with Crippen LogP contribution >= 0.6 is 0 Å². The Bertz CT molecular complexity index is 1330. The van der Waals surface area contributed by atoms with Gasteiger partial charge in [0, 0.05) is 30.5 Å². The Morgan fingerprint density at radius 2 is 1.73 bits per heavy atom. The molecule has 5 rings (SSSR count). The number of benzene rings is 3. The molecular formula is C32H35NO4. The molecule has 0 fully saturated rings. The molecule has 0 aromatic heterocycles. The average molecular weight is 498 g/mol. The van der Waals surface area contributed by atoms with Gasteiger partial charge in [0.2, 0.25) is 5.72 Å². The summed E-state index contributed by atoms with van der Waals surface area (Å²) in [6.07, 6.45) is 7.87. The van der Waals surface area contributed by atoms with Gasteiger partial charge in [-0.2, -0.15) is 0 Å². The molecule has 0 radical (unpaired) electrons. The van der Waals surface area contributed by atoms with Crippen LogP contribution in [0.15, 0.2) is 72.8 Å². The third kappa shape index (κ3) is 4.31. The smallest absolute Gasteiger partial charge is 0.211 e. The molecule has 0 aliphatic carbocycles. The largest absolute Gasteiger partial charge is 0.493 e. The Morgan fingerprint density at radius 1 is 0.973 bits per heavy atom. The molecule has 3 aromatic rings. The maximum absolute atomic E-state index is 13.5. The lowest BCUT2D eigenvalue weighted by atomic mass is 9.76. The molecule has 0 saturated heterocycles. The Labute approximate surface area is 219 Å². The molecule has 3 aromatic carbocycles. The first kappa shape index (κ1) is 25.1. The van der Waals surface area contributed by atoms with Crippen LogP contribution in [0.4, 0.5) is 5.69 Å². The second-order valence-electron chi connectivity index (χ2n) is 10.4. The van der Waals surface area contributed by atoms with Gasteiger partial charge < -0.3 is 19.5 Å². The van der Waals surface area contributed by atoms with E-state index in [2.05, 4.69) is 62.2 Å². The van der Waals surface area contributed by atoms with Crippen molar-refractivity contribution in [3.8, 4) is 11.5 Å².